The lowest BCUT2D eigenvalue weighted by atomic mass is 10.2. The van der Waals surface area contributed by atoms with Gasteiger partial charge in [-0.25, -0.2) is 13.1 Å². The Kier molecular flexibility index (Phi) is 10.5. The van der Waals surface area contributed by atoms with Gasteiger partial charge in [0, 0.05) is 44.4 Å². The molecule has 0 spiro atoms. The first kappa shape index (κ1) is 24.0. The van der Waals surface area contributed by atoms with E-state index < -0.39 is 14.9 Å². The Hall–Kier alpha value is -0.970. The lowest BCUT2D eigenvalue weighted by molar-refractivity contribution is -0.385. The van der Waals surface area contributed by atoms with E-state index in [1.165, 1.54) is 25.1 Å². The van der Waals surface area contributed by atoms with E-state index in [2.05, 4.69) is 14.9 Å². The van der Waals surface area contributed by atoms with Crippen molar-refractivity contribution in [3.8, 4) is 0 Å². The number of benzene rings is 1. The number of aryl methyl sites for hydroxylation is 1. The van der Waals surface area contributed by atoms with Crippen molar-refractivity contribution in [2.75, 3.05) is 39.3 Å². The van der Waals surface area contributed by atoms with Gasteiger partial charge in [0.15, 0.2) is 0 Å². The van der Waals surface area contributed by atoms with Crippen molar-refractivity contribution < 1.29 is 13.3 Å². The molecular weight excluding hydrogens is 391 g/mol. The molecule has 0 unspecified atom stereocenters. The summed E-state index contributed by atoms with van der Waals surface area (Å²) in [6.45, 7) is 6.62. The van der Waals surface area contributed by atoms with Gasteiger partial charge in [-0.15, -0.1) is 24.8 Å². The molecule has 25 heavy (non-hydrogen) atoms. The Bertz CT molecular complexity index is 667. The molecule has 0 saturated carbocycles. The van der Waals surface area contributed by atoms with Gasteiger partial charge in [-0.3, -0.25) is 10.1 Å². The first-order chi connectivity index (χ1) is 10.9. The van der Waals surface area contributed by atoms with Crippen LogP contribution in [-0.4, -0.2) is 57.5 Å². The van der Waals surface area contributed by atoms with Crippen LogP contribution < -0.4 is 10.0 Å². The van der Waals surface area contributed by atoms with E-state index in [0.29, 0.717) is 12.1 Å². The van der Waals surface area contributed by atoms with Crippen LogP contribution >= 0.6 is 24.8 Å². The van der Waals surface area contributed by atoms with Crippen molar-refractivity contribution in [2.45, 2.75) is 18.2 Å². The maximum absolute atomic E-state index is 12.2. The third kappa shape index (κ3) is 7.04. The zero-order valence-electron chi connectivity index (χ0n) is 13.9. The van der Waals surface area contributed by atoms with Gasteiger partial charge in [0.05, 0.1) is 9.82 Å². The first-order valence-corrected chi connectivity index (χ1v) is 9.06. The van der Waals surface area contributed by atoms with E-state index in [9.17, 15) is 18.5 Å². The molecule has 1 saturated heterocycles. The molecule has 0 bridgehead atoms. The second-order valence-corrected chi connectivity index (χ2v) is 7.32. The average molecular weight is 415 g/mol. The monoisotopic (exact) mass is 414 g/mol. The summed E-state index contributed by atoms with van der Waals surface area (Å²) in [5, 5.41) is 14.0. The Morgan fingerprint density at radius 2 is 1.92 bits per heavy atom. The van der Waals surface area contributed by atoms with Crippen molar-refractivity contribution >= 4 is 40.5 Å². The third-order valence-corrected chi connectivity index (χ3v) is 5.29. The third-order valence-electron chi connectivity index (χ3n) is 3.83. The number of rotatable bonds is 7. The minimum Gasteiger partial charge on any atom is -0.314 e. The van der Waals surface area contributed by atoms with Crippen LogP contribution in [-0.2, 0) is 10.0 Å². The van der Waals surface area contributed by atoms with E-state index >= 15 is 0 Å². The molecule has 2 rings (SSSR count). The normalized spacial score (nSPS) is 15.1. The standard InChI is InChI=1S/C14H22N4O4S.2ClH/c1-12-11-13(3-4-14(12)18(19)20)23(21,22)16-5-2-8-17-9-6-15-7-10-17;;/h3-4,11,15-16H,2,5-10H2,1H3;2*1H. The number of nitrogens with one attached hydrogen (secondary N) is 2. The fraction of sp³-hybridized carbons (Fsp3) is 0.571. The van der Waals surface area contributed by atoms with E-state index in [-0.39, 0.29) is 35.4 Å². The molecule has 1 aromatic carbocycles. The number of hydrogen-bond acceptors (Lipinski definition) is 6. The fourth-order valence-electron chi connectivity index (χ4n) is 2.53. The van der Waals surface area contributed by atoms with Gasteiger partial charge in [0.2, 0.25) is 10.0 Å². The molecule has 1 aliphatic heterocycles. The molecule has 1 fully saturated rings. The Balaban J connectivity index is 0.00000288. The quantitative estimate of drug-likeness (QED) is 0.396. The molecule has 0 aromatic heterocycles. The van der Waals surface area contributed by atoms with Crippen molar-refractivity contribution in [1.29, 1.82) is 0 Å². The fourth-order valence-corrected chi connectivity index (χ4v) is 3.69. The van der Waals surface area contributed by atoms with Crippen LogP contribution in [0.4, 0.5) is 5.69 Å². The van der Waals surface area contributed by atoms with Crippen LogP contribution in [0.1, 0.15) is 12.0 Å². The number of sulfonamides is 1. The topological polar surface area (TPSA) is 105 Å². The van der Waals surface area contributed by atoms with Gasteiger partial charge in [0.1, 0.15) is 0 Å². The zero-order chi connectivity index (χ0) is 16.9. The second-order valence-electron chi connectivity index (χ2n) is 5.55. The van der Waals surface area contributed by atoms with Crippen LogP contribution in [0, 0.1) is 17.0 Å². The Morgan fingerprint density at radius 3 is 2.48 bits per heavy atom. The molecule has 1 aromatic rings. The van der Waals surface area contributed by atoms with Crippen LogP contribution in [0.25, 0.3) is 0 Å². The predicted octanol–water partition coefficient (Wildman–Crippen LogP) is 1.32. The number of hydrogen-bond donors (Lipinski definition) is 2. The van der Waals surface area contributed by atoms with Gasteiger partial charge in [0.25, 0.3) is 5.69 Å². The molecule has 0 aliphatic carbocycles. The molecular formula is C14H24Cl2N4O4S. The molecule has 8 nitrogen and oxygen atoms in total. The summed E-state index contributed by atoms with van der Waals surface area (Å²) in [5.74, 6) is 0. The molecule has 144 valence electrons. The van der Waals surface area contributed by atoms with Crippen LogP contribution in [0.2, 0.25) is 0 Å². The highest BCUT2D eigenvalue weighted by atomic mass is 35.5. The molecule has 0 atom stereocenters. The summed E-state index contributed by atoms with van der Waals surface area (Å²) in [6, 6.07) is 3.82. The number of piperazine rings is 1. The summed E-state index contributed by atoms with van der Waals surface area (Å²) in [7, 11) is -3.63. The Morgan fingerprint density at radius 1 is 1.28 bits per heavy atom. The minimum atomic E-state index is -3.63. The van der Waals surface area contributed by atoms with Gasteiger partial charge in [-0.2, -0.15) is 0 Å². The van der Waals surface area contributed by atoms with Crippen LogP contribution in [0.3, 0.4) is 0 Å². The molecule has 11 heteroatoms. The zero-order valence-corrected chi connectivity index (χ0v) is 16.4. The van der Waals surface area contributed by atoms with Gasteiger partial charge in [-0.1, -0.05) is 0 Å². The number of nitro groups is 1. The van der Waals surface area contributed by atoms with Crippen molar-refractivity contribution in [3.63, 3.8) is 0 Å². The van der Waals surface area contributed by atoms with Gasteiger partial charge >= 0.3 is 0 Å². The highest BCUT2D eigenvalue weighted by molar-refractivity contribution is 7.89. The second kappa shape index (κ2) is 10.9. The van der Waals surface area contributed by atoms with Crippen molar-refractivity contribution in [2.24, 2.45) is 0 Å². The maximum atomic E-state index is 12.2. The number of nitro benzene ring substituents is 1. The summed E-state index contributed by atoms with van der Waals surface area (Å²) in [5.41, 5.74) is 0.251. The molecule has 0 amide bonds. The van der Waals surface area contributed by atoms with Gasteiger partial charge < -0.3 is 10.2 Å². The van der Waals surface area contributed by atoms with E-state index in [4.69, 9.17) is 0 Å². The van der Waals surface area contributed by atoms with Crippen molar-refractivity contribution in [1.82, 2.24) is 14.9 Å². The van der Waals surface area contributed by atoms with E-state index in [0.717, 1.165) is 39.1 Å². The number of halogens is 2. The highest BCUT2D eigenvalue weighted by Crippen LogP contribution is 2.21. The summed E-state index contributed by atoms with van der Waals surface area (Å²) in [4.78, 5) is 12.6. The largest absolute Gasteiger partial charge is 0.314 e. The smallest absolute Gasteiger partial charge is 0.272 e. The predicted molar refractivity (Wildman–Crippen MR) is 101 cm³/mol. The van der Waals surface area contributed by atoms with Crippen LogP contribution in [0.15, 0.2) is 23.1 Å². The van der Waals surface area contributed by atoms with E-state index in [1.54, 1.807) is 0 Å². The molecule has 1 aliphatic rings. The number of nitrogens with zero attached hydrogens (tertiary/aromatic N) is 2. The van der Waals surface area contributed by atoms with Gasteiger partial charge in [-0.05, 0) is 32.0 Å². The summed E-state index contributed by atoms with van der Waals surface area (Å²) >= 11 is 0. The molecule has 2 N–H and O–H groups in total. The Labute approximate surface area is 160 Å². The highest BCUT2D eigenvalue weighted by Gasteiger charge is 2.18. The maximum Gasteiger partial charge on any atom is 0.272 e. The molecule has 1 heterocycles. The first-order valence-electron chi connectivity index (χ1n) is 7.58. The van der Waals surface area contributed by atoms with Crippen molar-refractivity contribution in [3.05, 3.63) is 33.9 Å². The summed E-state index contributed by atoms with van der Waals surface area (Å²) < 4.78 is 27.0. The summed E-state index contributed by atoms with van der Waals surface area (Å²) in [6.07, 6.45) is 0.727. The van der Waals surface area contributed by atoms with E-state index in [1.807, 2.05) is 0 Å². The average Bonchev–Trinajstić information content (AvgIpc) is 2.52. The molecule has 0 radical (unpaired) electrons. The lowest BCUT2D eigenvalue weighted by Gasteiger charge is -2.27. The van der Waals surface area contributed by atoms with Crippen LogP contribution in [0.5, 0.6) is 0 Å². The lowest BCUT2D eigenvalue weighted by Crippen LogP contribution is -2.44. The SMILES string of the molecule is Cc1cc(S(=O)(=O)NCCCN2CCNCC2)ccc1[N+](=O)[O-].Cl.Cl. The minimum absolute atomic E-state index is 0.